The lowest BCUT2D eigenvalue weighted by molar-refractivity contribution is -0.387. The van der Waals surface area contributed by atoms with Crippen LogP contribution in [0.25, 0.3) is 0 Å². The molecule has 0 spiro atoms. The van der Waals surface area contributed by atoms with Gasteiger partial charge < -0.3 is 16.2 Å². The highest BCUT2D eigenvalue weighted by molar-refractivity contribution is 5.97. The van der Waals surface area contributed by atoms with Gasteiger partial charge in [0.05, 0.1) is 11.3 Å². The number of nitrogens with two attached hydrogens (primary N) is 1. The van der Waals surface area contributed by atoms with E-state index < -0.39 is 46.7 Å². The lowest BCUT2D eigenvalue weighted by Crippen LogP contribution is -2.43. The number of nitrogens with one attached hydrogen (secondary N) is 1. The summed E-state index contributed by atoms with van der Waals surface area (Å²) in [6, 6.07) is 0.748. The number of halogens is 1. The Kier molecular flexibility index (Phi) is 4.89. The van der Waals surface area contributed by atoms with Gasteiger partial charge in [-0.2, -0.15) is 4.39 Å². The standard InChI is InChI=1S/C11H10FN3O6/c12-6-3-5(1-2-8(6)15(20)21)10(17)14-7(11(18)19)4-9(13)16/h1-3,7H,4H2,(H2,13,16)(H,14,17)(H,18,19)/t7-/m0/s1. The van der Waals surface area contributed by atoms with Crippen molar-refractivity contribution >= 4 is 23.5 Å². The topological polar surface area (TPSA) is 153 Å². The number of aliphatic carboxylic acids is 1. The Morgan fingerprint density at radius 2 is 2.05 bits per heavy atom. The summed E-state index contributed by atoms with van der Waals surface area (Å²) in [5, 5.41) is 21.2. The Morgan fingerprint density at radius 1 is 1.43 bits per heavy atom. The highest BCUT2D eigenvalue weighted by atomic mass is 19.1. The molecule has 0 fully saturated rings. The SMILES string of the molecule is NC(=O)C[C@H](NC(=O)c1ccc([N+](=O)[O-])c(F)c1)C(=O)O. The fourth-order valence-electron chi connectivity index (χ4n) is 1.44. The predicted molar refractivity (Wildman–Crippen MR) is 65.8 cm³/mol. The molecular weight excluding hydrogens is 289 g/mol. The van der Waals surface area contributed by atoms with Crippen LogP contribution in [0.2, 0.25) is 0 Å². The molecule has 0 aromatic heterocycles. The number of carboxylic acid groups (broad SMARTS) is 1. The van der Waals surface area contributed by atoms with Crippen molar-refractivity contribution < 1.29 is 28.8 Å². The largest absolute Gasteiger partial charge is 0.480 e. The number of primary amides is 1. The Labute approximate surface area is 116 Å². The molecule has 0 saturated heterocycles. The van der Waals surface area contributed by atoms with Crippen LogP contribution in [-0.2, 0) is 9.59 Å². The maximum atomic E-state index is 13.4. The summed E-state index contributed by atoms with van der Waals surface area (Å²) in [5.74, 6) is -4.69. The van der Waals surface area contributed by atoms with Gasteiger partial charge in [-0.1, -0.05) is 0 Å². The minimum Gasteiger partial charge on any atom is -0.480 e. The normalized spacial score (nSPS) is 11.5. The molecule has 21 heavy (non-hydrogen) atoms. The number of nitro groups is 1. The fraction of sp³-hybridized carbons (Fsp3) is 0.182. The smallest absolute Gasteiger partial charge is 0.326 e. The number of nitro benzene ring substituents is 1. The second-order valence-corrected chi connectivity index (χ2v) is 3.96. The van der Waals surface area contributed by atoms with E-state index in [4.69, 9.17) is 10.8 Å². The van der Waals surface area contributed by atoms with Crippen LogP contribution >= 0.6 is 0 Å². The van der Waals surface area contributed by atoms with Gasteiger partial charge in [-0.3, -0.25) is 19.7 Å². The zero-order chi connectivity index (χ0) is 16.2. The average molecular weight is 299 g/mol. The second kappa shape index (κ2) is 6.41. The van der Waals surface area contributed by atoms with Gasteiger partial charge in [0, 0.05) is 11.6 Å². The van der Waals surface area contributed by atoms with Gasteiger partial charge in [0.15, 0.2) is 0 Å². The van der Waals surface area contributed by atoms with Crippen molar-refractivity contribution in [1.29, 1.82) is 0 Å². The zero-order valence-electron chi connectivity index (χ0n) is 10.4. The van der Waals surface area contributed by atoms with E-state index in [1.165, 1.54) is 0 Å². The van der Waals surface area contributed by atoms with Gasteiger partial charge in [-0.25, -0.2) is 4.79 Å². The van der Waals surface area contributed by atoms with E-state index in [9.17, 15) is 28.9 Å². The number of carbonyl (C=O) groups excluding carboxylic acids is 2. The minimum atomic E-state index is -1.58. The van der Waals surface area contributed by atoms with Gasteiger partial charge in [0.1, 0.15) is 6.04 Å². The van der Waals surface area contributed by atoms with Crippen LogP contribution in [0.3, 0.4) is 0 Å². The van der Waals surface area contributed by atoms with E-state index in [-0.39, 0.29) is 5.56 Å². The molecule has 9 nitrogen and oxygen atoms in total. The lowest BCUT2D eigenvalue weighted by Gasteiger charge is -2.12. The lowest BCUT2D eigenvalue weighted by atomic mass is 10.1. The summed E-state index contributed by atoms with van der Waals surface area (Å²) in [6.07, 6.45) is -0.642. The van der Waals surface area contributed by atoms with Gasteiger partial charge in [-0.15, -0.1) is 0 Å². The van der Waals surface area contributed by atoms with Crippen molar-refractivity contribution in [2.45, 2.75) is 12.5 Å². The van der Waals surface area contributed by atoms with Crippen LogP contribution in [0.1, 0.15) is 16.8 Å². The molecule has 1 rings (SSSR count). The van der Waals surface area contributed by atoms with Gasteiger partial charge in [0.2, 0.25) is 11.7 Å². The van der Waals surface area contributed by atoms with Crippen molar-refractivity contribution in [3.8, 4) is 0 Å². The van der Waals surface area contributed by atoms with Crippen molar-refractivity contribution in [2.24, 2.45) is 5.73 Å². The van der Waals surface area contributed by atoms with E-state index in [0.717, 1.165) is 12.1 Å². The molecule has 0 aliphatic heterocycles. The van der Waals surface area contributed by atoms with Gasteiger partial charge in [-0.05, 0) is 12.1 Å². The molecule has 0 aliphatic rings. The predicted octanol–water partition coefficient (Wildman–Crippen LogP) is -0.208. The number of carbonyl (C=O) groups is 3. The molecule has 0 aliphatic carbocycles. The van der Waals surface area contributed by atoms with Crippen LogP contribution < -0.4 is 11.1 Å². The maximum Gasteiger partial charge on any atom is 0.326 e. The highest BCUT2D eigenvalue weighted by Crippen LogP contribution is 2.18. The number of benzene rings is 1. The first kappa shape index (κ1) is 16.0. The Balaban J connectivity index is 2.93. The number of rotatable bonds is 6. The van der Waals surface area contributed by atoms with E-state index in [0.29, 0.717) is 6.07 Å². The van der Waals surface area contributed by atoms with Crippen LogP contribution in [0, 0.1) is 15.9 Å². The van der Waals surface area contributed by atoms with Crippen molar-refractivity contribution in [1.82, 2.24) is 5.32 Å². The number of amides is 2. The summed E-state index contributed by atoms with van der Waals surface area (Å²) in [5.41, 5.74) is 3.69. The van der Waals surface area contributed by atoms with Crippen molar-refractivity contribution in [3.63, 3.8) is 0 Å². The third-order valence-corrected chi connectivity index (χ3v) is 2.42. The monoisotopic (exact) mass is 299 g/mol. The fourth-order valence-corrected chi connectivity index (χ4v) is 1.44. The minimum absolute atomic E-state index is 0.325. The Morgan fingerprint density at radius 3 is 2.48 bits per heavy atom. The van der Waals surface area contributed by atoms with Crippen LogP contribution in [0.4, 0.5) is 10.1 Å². The molecule has 4 N–H and O–H groups in total. The number of hydrogen-bond acceptors (Lipinski definition) is 5. The number of nitrogens with zero attached hydrogens (tertiary/aromatic N) is 1. The molecule has 112 valence electrons. The van der Waals surface area contributed by atoms with Crippen LogP contribution in [-0.4, -0.2) is 33.9 Å². The first-order valence-corrected chi connectivity index (χ1v) is 5.48. The zero-order valence-corrected chi connectivity index (χ0v) is 10.4. The molecule has 1 aromatic rings. The Bertz CT molecular complexity index is 618. The maximum absolute atomic E-state index is 13.4. The average Bonchev–Trinajstić information content (AvgIpc) is 2.36. The second-order valence-electron chi connectivity index (χ2n) is 3.96. The first-order chi connectivity index (χ1) is 9.72. The van der Waals surface area contributed by atoms with Crippen molar-refractivity contribution in [3.05, 3.63) is 39.7 Å². The van der Waals surface area contributed by atoms with Gasteiger partial charge >= 0.3 is 11.7 Å². The number of hydrogen-bond donors (Lipinski definition) is 3. The van der Waals surface area contributed by atoms with E-state index in [1.54, 1.807) is 0 Å². The van der Waals surface area contributed by atoms with E-state index in [2.05, 4.69) is 0 Å². The summed E-state index contributed by atoms with van der Waals surface area (Å²) in [7, 11) is 0. The number of carboxylic acids is 1. The third-order valence-electron chi connectivity index (χ3n) is 2.42. The molecule has 2 amide bonds. The summed E-state index contributed by atoms with van der Waals surface area (Å²) in [6.45, 7) is 0. The Hall–Kier alpha value is -3.04. The summed E-state index contributed by atoms with van der Waals surface area (Å²) < 4.78 is 13.4. The molecular formula is C11H10FN3O6. The third kappa shape index (κ3) is 4.23. The first-order valence-electron chi connectivity index (χ1n) is 5.48. The summed E-state index contributed by atoms with van der Waals surface area (Å²) in [4.78, 5) is 42.7. The molecule has 0 radical (unpaired) electrons. The molecule has 0 saturated carbocycles. The highest BCUT2D eigenvalue weighted by Gasteiger charge is 2.24. The summed E-state index contributed by atoms with van der Waals surface area (Å²) >= 11 is 0. The quantitative estimate of drug-likeness (QED) is 0.488. The van der Waals surface area contributed by atoms with E-state index in [1.807, 2.05) is 5.32 Å². The molecule has 1 aromatic carbocycles. The van der Waals surface area contributed by atoms with Crippen LogP contribution in [0.15, 0.2) is 18.2 Å². The van der Waals surface area contributed by atoms with Gasteiger partial charge in [0.25, 0.3) is 5.91 Å². The van der Waals surface area contributed by atoms with Crippen molar-refractivity contribution in [2.75, 3.05) is 0 Å². The molecule has 0 unspecified atom stereocenters. The molecule has 10 heteroatoms. The van der Waals surface area contributed by atoms with E-state index >= 15 is 0 Å². The molecule has 0 bridgehead atoms. The van der Waals surface area contributed by atoms with Crippen LogP contribution in [0.5, 0.6) is 0 Å². The molecule has 1 atom stereocenters. The molecule has 0 heterocycles.